The Morgan fingerprint density at radius 2 is 1.59 bits per heavy atom. The third kappa shape index (κ3) is 5.75. The number of imidazole rings is 1. The van der Waals surface area contributed by atoms with E-state index in [1.807, 2.05) is 18.3 Å². The topological polar surface area (TPSA) is 69.7 Å². The van der Waals surface area contributed by atoms with E-state index in [1.54, 1.807) is 0 Å². The number of nitrogens with zero attached hydrogens (tertiary/aromatic N) is 4. The van der Waals surface area contributed by atoms with Gasteiger partial charge in [0, 0.05) is 31.2 Å². The molecule has 6 nitrogen and oxygen atoms in total. The van der Waals surface area contributed by atoms with Gasteiger partial charge in [-0.05, 0) is 66.3 Å². The summed E-state index contributed by atoms with van der Waals surface area (Å²) in [4.78, 5) is 20.6. The SMILES string of the molecule is c1cnc2c(c1)CCCC2N(Cc1ccc(CNCc2ccc3ccccc3n2)cc1)Cc1nc2ccccc2[nH]1. The summed E-state index contributed by atoms with van der Waals surface area (Å²) in [6.45, 7) is 3.13. The molecule has 0 bridgehead atoms. The van der Waals surface area contributed by atoms with Crippen LogP contribution in [0.15, 0.2) is 103 Å². The molecule has 3 aromatic carbocycles. The second kappa shape index (κ2) is 11.6. The Morgan fingerprint density at radius 3 is 2.49 bits per heavy atom. The number of aromatic amines is 1. The molecule has 0 spiro atoms. The summed E-state index contributed by atoms with van der Waals surface area (Å²) in [5, 5.41) is 4.73. The number of H-pyrrole nitrogens is 1. The number of para-hydroxylation sites is 3. The highest BCUT2D eigenvalue weighted by atomic mass is 15.2. The minimum atomic E-state index is 0.268. The molecule has 0 saturated carbocycles. The molecule has 0 aliphatic heterocycles. The number of nitrogens with one attached hydrogen (secondary N) is 2. The van der Waals surface area contributed by atoms with Crippen molar-refractivity contribution in [1.82, 2.24) is 30.2 Å². The Morgan fingerprint density at radius 1 is 0.756 bits per heavy atom. The maximum atomic E-state index is 4.90. The van der Waals surface area contributed by atoms with Gasteiger partial charge in [0.05, 0.1) is 40.5 Å². The summed E-state index contributed by atoms with van der Waals surface area (Å²) in [7, 11) is 0. The zero-order chi connectivity index (χ0) is 27.4. The monoisotopic (exact) mass is 538 g/mol. The molecule has 41 heavy (non-hydrogen) atoms. The van der Waals surface area contributed by atoms with Crippen molar-refractivity contribution >= 4 is 21.9 Å². The first-order valence-corrected chi connectivity index (χ1v) is 14.5. The van der Waals surface area contributed by atoms with Crippen molar-refractivity contribution in [3.8, 4) is 0 Å². The molecular weight excluding hydrogens is 504 g/mol. The first-order valence-electron chi connectivity index (χ1n) is 14.5. The Hall–Kier alpha value is -4.39. The third-order valence-corrected chi connectivity index (χ3v) is 8.10. The number of hydrogen-bond acceptors (Lipinski definition) is 5. The number of aryl methyl sites for hydroxylation is 1. The van der Waals surface area contributed by atoms with Gasteiger partial charge in [-0.2, -0.15) is 0 Å². The molecule has 0 radical (unpaired) electrons. The number of hydrogen-bond donors (Lipinski definition) is 2. The van der Waals surface area contributed by atoms with E-state index < -0.39 is 0 Å². The van der Waals surface area contributed by atoms with Crippen LogP contribution in [0.1, 0.15) is 52.8 Å². The smallest absolute Gasteiger partial charge is 0.121 e. The van der Waals surface area contributed by atoms with Crippen LogP contribution in [-0.4, -0.2) is 24.8 Å². The summed E-state index contributed by atoms with van der Waals surface area (Å²) >= 11 is 0. The molecule has 1 atom stereocenters. The fourth-order valence-electron chi connectivity index (χ4n) is 6.03. The Labute approximate surface area is 240 Å². The van der Waals surface area contributed by atoms with E-state index in [-0.39, 0.29) is 6.04 Å². The summed E-state index contributed by atoms with van der Waals surface area (Å²) < 4.78 is 0. The van der Waals surface area contributed by atoms with E-state index in [4.69, 9.17) is 15.0 Å². The predicted octanol–water partition coefficient (Wildman–Crippen LogP) is 6.88. The molecule has 0 saturated heterocycles. The number of benzene rings is 3. The highest BCUT2D eigenvalue weighted by Gasteiger charge is 2.28. The van der Waals surface area contributed by atoms with Gasteiger partial charge in [-0.25, -0.2) is 4.98 Å². The summed E-state index contributed by atoms with van der Waals surface area (Å²) in [5.74, 6) is 0.998. The second-order valence-electron chi connectivity index (χ2n) is 11.0. The fourth-order valence-corrected chi connectivity index (χ4v) is 6.03. The van der Waals surface area contributed by atoms with Crippen LogP contribution in [0.3, 0.4) is 0 Å². The second-order valence-corrected chi connectivity index (χ2v) is 11.0. The van der Waals surface area contributed by atoms with E-state index in [0.29, 0.717) is 0 Å². The van der Waals surface area contributed by atoms with Gasteiger partial charge in [0.25, 0.3) is 0 Å². The molecule has 204 valence electrons. The molecule has 2 N–H and O–H groups in total. The molecule has 7 rings (SSSR count). The minimum Gasteiger partial charge on any atom is -0.341 e. The lowest BCUT2D eigenvalue weighted by Gasteiger charge is -2.34. The summed E-state index contributed by atoms with van der Waals surface area (Å²) in [6, 6.07) is 34.3. The van der Waals surface area contributed by atoms with Crippen LogP contribution in [0.25, 0.3) is 21.9 Å². The maximum absolute atomic E-state index is 4.90. The predicted molar refractivity (Wildman–Crippen MR) is 164 cm³/mol. The van der Waals surface area contributed by atoms with Crippen molar-refractivity contribution in [2.45, 2.75) is 51.5 Å². The molecule has 3 aromatic heterocycles. The number of fused-ring (bicyclic) bond motifs is 3. The molecule has 3 heterocycles. The van der Waals surface area contributed by atoms with Crippen LogP contribution < -0.4 is 5.32 Å². The lowest BCUT2D eigenvalue weighted by atomic mass is 9.90. The molecule has 6 aromatic rings. The average molecular weight is 539 g/mol. The number of aromatic nitrogens is 4. The fraction of sp³-hybridized carbons (Fsp3) is 0.229. The Bertz CT molecular complexity index is 1740. The van der Waals surface area contributed by atoms with Crippen LogP contribution in [0.4, 0.5) is 0 Å². The van der Waals surface area contributed by atoms with Gasteiger partial charge in [-0.3, -0.25) is 14.9 Å². The first-order chi connectivity index (χ1) is 20.3. The van der Waals surface area contributed by atoms with Crippen LogP contribution in [0.2, 0.25) is 0 Å². The van der Waals surface area contributed by atoms with Crippen LogP contribution in [0, 0.1) is 0 Å². The van der Waals surface area contributed by atoms with E-state index in [1.165, 1.54) is 34.2 Å². The molecule has 1 aliphatic carbocycles. The minimum absolute atomic E-state index is 0.268. The average Bonchev–Trinajstić information content (AvgIpc) is 3.44. The van der Waals surface area contributed by atoms with Crippen molar-refractivity contribution in [3.63, 3.8) is 0 Å². The molecule has 1 unspecified atom stereocenters. The van der Waals surface area contributed by atoms with Gasteiger partial charge in [-0.15, -0.1) is 0 Å². The Kier molecular flexibility index (Phi) is 7.24. The largest absolute Gasteiger partial charge is 0.341 e. The van der Waals surface area contributed by atoms with Gasteiger partial charge in [0.15, 0.2) is 0 Å². The highest BCUT2D eigenvalue weighted by Crippen LogP contribution is 2.34. The molecule has 0 fully saturated rings. The van der Waals surface area contributed by atoms with Gasteiger partial charge in [-0.1, -0.05) is 66.7 Å². The van der Waals surface area contributed by atoms with Crippen molar-refractivity contribution in [2.75, 3.05) is 0 Å². The first kappa shape index (κ1) is 25.6. The molecule has 1 aliphatic rings. The van der Waals surface area contributed by atoms with E-state index in [0.717, 1.165) is 67.1 Å². The lowest BCUT2D eigenvalue weighted by molar-refractivity contribution is 0.153. The molecule has 0 amide bonds. The van der Waals surface area contributed by atoms with Crippen LogP contribution >= 0.6 is 0 Å². The van der Waals surface area contributed by atoms with Crippen molar-refractivity contribution < 1.29 is 0 Å². The lowest BCUT2D eigenvalue weighted by Crippen LogP contribution is -2.31. The highest BCUT2D eigenvalue weighted by molar-refractivity contribution is 5.78. The van der Waals surface area contributed by atoms with E-state index >= 15 is 0 Å². The van der Waals surface area contributed by atoms with E-state index in [2.05, 4.69) is 100 Å². The summed E-state index contributed by atoms with van der Waals surface area (Å²) in [5.41, 5.74) is 9.36. The van der Waals surface area contributed by atoms with Crippen LogP contribution in [0.5, 0.6) is 0 Å². The van der Waals surface area contributed by atoms with Crippen molar-refractivity contribution in [2.24, 2.45) is 0 Å². The zero-order valence-electron chi connectivity index (χ0n) is 23.1. The third-order valence-electron chi connectivity index (χ3n) is 8.10. The zero-order valence-corrected chi connectivity index (χ0v) is 23.1. The standard InChI is InChI=1S/C35H34N6/c1-2-10-30-27(7-1)18-19-29(38-30)22-36-21-25-14-16-26(17-15-25)23-41(24-34-39-31-11-3-4-12-32(31)40-34)33-13-5-8-28-9-6-20-37-35(28)33/h1-4,6-7,9-12,14-20,33,36H,5,8,13,21-24H2,(H,39,40). The quantitative estimate of drug-likeness (QED) is 0.210. The molecular formula is C35H34N6. The van der Waals surface area contributed by atoms with Gasteiger partial charge in [0.2, 0.25) is 0 Å². The maximum Gasteiger partial charge on any atom is 0.121 e. The van der Waals surface area contributed by atoms with Crippen molar-refractivity contribution in [1.29, 1.82) is 0 Å². The molecule has 6 heteroatoms. The van der Waals surface area contributed by atoms with E-state index in [9.17, 15) is 0 Å². The summed E-state index contributed by atoms with van der Waals surface area (Å²) in [6.07, 6.45) is 5.33. The normalized spacial score (nSPS) is 15.0. The Balaban J connectivity index is 1.06. The number of pyridine rings is 2. The van der Waals surface area contributed by atoms with Gasteiger partial charge < -0.3 is 10.3 Å². The van der Waals surface area contributed by atoms with Crippen LogP contribution in [-0.2, 0) is 32.6 Å². The van der Waals surface area contributed by atoms with Crippen molar-refractivity contribution in [3.05, 3.63) is 137 Å². The van der Waals surface area contributed by atoms with Gasteiger partial charge in [0.1, 0.15) is 5.82 Å². The van der Waals surface area contributed by atoms with Gasteiger partial charge >= 0.3 is 0 Å². The number of rotatable bonds is 9.